The van der Waals surface area contributed by atoms with Gasteiger partial charge in [0.1, 0.15) is 0 Å². The molecule has 0 aromatic heterocycles. The Morgan fingerprint density at radius 2 is 1.86 bits per heavy atom. The van der Waals surface area contributed by atoms with Gasteiger partial charge in [0.2, 0.25) is 0 Å². The smallest absolute Gasteiger partial charge is 0.317 e. The largest absolute Gasteiger partial charge is 0.335 e. The summed E-state index contributed by atoms with van der Waals surface area (Å²) < 4.78 is 0. The van der Waals surface area contributed by atoms with Crippen LogP contribution in [0.2, 0.25) is 0 Å². The van der Waals surface area contributed by atoms with Gasteiger partial charge in [0.15, 0.2) is 0 Å². The minimum atomic E-state index is 0.0645. The maximum atomic E-state index is 12.7. The quantitative estimate of drug-likeness (QED) is 0.897. The zero-order chi connectivity index (χ0) is 19.3. The predicted molar refractivity (Wildman–Crippen MR) is 109 cm³/mol. The molecule has 0 aliphatic carbocycles. The molecule has 5 heteroatoms. The molecular weight excluding hydrogens is 348 g/mol. The number of carbonyl (C=O) groups is 1. The van der Waals surface area contributed by atoms with Gasteiger partial charge in [-0.15, -0.1) is 0 Å². The van der Waals surface area contributed by atoms with Crippen LogP contribution >= 0.6 is 0 Å². The van der Waals surface area contributed by atoms with E-state index in [1.165, 1.54) is 16.7 Å². The number of piperidine rings is 1. The summed E-state index contributed by atoms with van der Waals surface area (Å²) >= 11 is 0. The second kappa shape index (κ2) is 8.45. The molecule has 1 N–H and O–H groups in total. The van der Waals surface area contributed by atoms with E-state index in [9.17, 15) is 4.79 Å². The maximum Gasteiger partial charge on any atom is 0.317 e. The molecule has 0 radical (unpaired) electrons. The molecule has 2 amide bonds. The lowest BCUT2D eigenvalue weighted by Gasteiger charge is -2.35. The van der Waals surface area contributed by atoms with Gasteiger partial charge in [-0.05, 0) is 48.1 Å². The molecule has 1 fully saturated rings. The maximum absolute atomic E-state index is 12.7. The summed E-state index contributed by atoms with van der Waals surface area (Å²) in [6, 6.07) is 18.7. The first-order valence-electron chi connectivity index (χ1n) is 10.0. The van der Waals surface area contributed by atoms with Crippen LogP contribution in [0.5, 0.6) is 0 Å². The second-order valence-corrected chi connectivity index (χ2v) is 7.75. The van der Waals surface area contributed by atoms with Crippen LogP contribution in [0.15, 0.2) is 48.5 Å². The average Bonchev–Trinajstić information content (AvgIpc) is 2.75. The van der Waals surface area contributed by atoms with E-state index < -0.39 is 0 Å². The number of benzene rings is 2. The molecule has 0 unspecified atom stereocenters. The zero-order valence-corrected chi connectivity index (χ0v) is 16.1. The molecule has 0 bridgehead atoms. The Hall–Kier alpha value is -2.84. The third-order valence-corrected chi connectivity index (χ3v) is 5.80. The highest BCUT2D eigenvalue weighted by molar-refractivity contribution is 5.75. The molecule has 2 aliphatic rings. The fourth-order valence-corrected chi connectivity index (χ4v) is 4.17. The third kappa shape index (κ3) is 4.35. The molecular formula is C23H26N4O. The number of likely N-dealkylation sites (tertiary alicyclic amines) is 1. The number of nitrogens with one attached hydrogen (secondary N) is 1. The molecule has 2 aromatic carbocycles. The highest BCUT2D eigenvalue weighted by Gasteiger charge is 2.25. The summed E-state index contributed by atoms with van der Waals surface area (Å²) in [6.07, 6.45) is 2.87. The van der Waals surface area contributed by atoms with Gasteiger partial charge in [0.25, 0.3) is 0 Å². The van der Waals surface area contributed by atoms with Gasteiger partial charge >= 0.3 is 6.03 Å². The fraction of sp³-hybridized carbons (Fsp3) is 0.391. The number of hydrogen-bond donors (Lipinski definition) is 1. The standard InChI is InChI=1S/C23H26N4O/c24-15-18-4-3-5-19(14-18)16-26-11-9-22(10-12-26)25-23(28)27-13-8-20-6-1-2-7-21(20)17-27/h1-7,14,22H,8-13,16-17H2,(H,25,28). The molecule has 28 heavy (non-hydrogen) atoms. The molecule has 1 saturated heterocycles. The van der Waals surface area contributed by atoms with Crippen molar-refractivity contribution in [1.29, 1.82) is 5.26 Å². The van der Waals surface area contributed by atoms with Gasteiger partial charge in [-0.25, -0.2) is 4.79 Å². The van der Waals surface area contributed by atoms with Gasteiger partial charge < -0.3 is 10.2 Å². The first-order valence-corrected chi connectivity index (χ1v) is 10.0. The van der Waals surface area contributed by atoms with Gasteiger partial charge in [0.05, 0.1) is 11.6 Å². The Balaban J connectivity index is 1.25. The van der Waals surface area contributed by atoms with Crippen molar-refractivity contribution in [3.8, 4) is 6.07 Å². The van der Waals surface area contributed by atoms with E-state index in [0.717, 1.165) is 45.4 Å². The molecule has 0 saturated carbocycles. The fourth-order valence-electron chi connectivity index (χ4n) is 4.17. The number of nitrogens with zero attached hydrogens (tertiary/aromatic N) is 3. The van der Waals surface area contributed by atoms with Crippen LogP contribution in [0, 0.1) is 11.3 Å². The normalized spacial score (nSPS) is 17.6. The third-order valence-electron chi connectivity index (χ3n) is 5.80. The lowest BCUT2D eigenvalue weighted by Crippen LogP contribution is -2.50. The van der Waals surface area contributed by atoms with Gasteiger partial charge in [0, 0.05) is 38.8 Å². The summed E-state index contributed by atoms with van der Waals surface area (Å²) in [7, 11) is 0. The monoisotopic (exact) mass is 374 g/mol. The summed E-state index contributed by atoms with van der Waals surface area (Å²) in [5.74, 6) is 0. The number of rotatable bonds is 3. The van der Waals surface area contributed by atoms with Crippen molar-refractivity contribution in [2.24, 2.45) is 0 Å². The first-order chi connectivity index (χ1) is 13.7. The number of carbonyl (C=O) groups excluding carboxylic acids is 1. The summed E-state index contributed by atoms with van der Waals surface area (Å²) in [5, 5.41) is 12.3. The van der Waals surface area contributed by atoms with Gasteiger partial charge in [-0.2, -0.15) is 5.26 Å². The Morgan fingerprint density at radius 3 is 2.64 bits per heavy atom. The van der Waals surface area contributed by atoms with Gasteiger partial charge in [-0.1, -0.05) is 36.4 Å². The summed E-state index contributed by atoms with van der Waals surface area (Å²) in [4.78, 5) is 17.0. The summed E-state index contributed by atoms with van der Waals surface area (Å²) in [5.41, 5.74) is 4.51. The molecule has 2 aliphatic heterocycles. The van der Waals surface area contributed by atoms with E-state index in [2.05, 4.69) is 40.6 Å². The minimum Gasteiger partial charge on any atom is -0.335 e. The van der Waals surface area contributed by atoms with Crippen molar-refractivity contribution >= 4 is 6.03 Å². The second-order valence-electron chi connectivity index (χ2n) is 7.75. The molecule has 5 nitrogen and oxygen atoms in total. The van der Waals surface area contributed by atoms with E-state index in [-0.39, 0.29) is 12.1 Å². The topological polar surface area (TPSA) is 59.4 Å². The van der Waals surface area contributed by atoms with Crippen LogP contribution in [0.25, 0.3) is 0 Å². The van der Waals surface area contributed by atoms with Crippen LogP contribution in [-0.2, 0) is 19.5 Å². The predicted octanol–water partition coefficient (Wildman–Crippen LogP) is 3.29. The summed E-state index contributed by atoms with van der Waals surface area (Å²) in [6.45, 7) is 4.28. The van der Waals surface area contributed by atoms with Crippen molar-refractivity contribution in [2.75, 3.05) is 19.6 Å². The van der Waals surface area contributed by atoms with Crippen molar-refractivity contribution in [2.45, 2.75) is 38.4 Å². The van der Waals surface area contributed by atoms with Crippen molar-refractivity contribution in [1.82, 2.24) is 15.1 Å². The molecule has 144 valence electrons. The number of nitriles is 1. The van der Waals surface area contributed by atoms with E-state index in [0.29, 0.717) is 12.1 Å². The lowest BCUT2D eigenvalue weighted by atomic mass is 10.00. The van der Waals surface area contributed by atoms with E-state index >= 15 is 0 Å². The Labute approximate surface area is 166 Å². The Morgan fingerprint density at radius 1 is 1.07 bits per heavy atom. The van der Waals surface area contributed by atoms with Crippen molar-refractivity contribution in [3.63, 3.8) is 0 Å². The Bertz CT molecular complexity index is 880. The molecule has 2 aromatic rings. The highest BCUT2D eigenvalue weighted by atomic mass is 16.2. The van der Waals surface area contributed by atoms with Crippen LogP contribution in [-0.4, -0.2) is 41.5 Å². The lowest BCUT2D eigenvalue weighted by molar-refractivity contribution is 0.165. The SMILES string of the molecule is N#Cc1cccc(CN2CCC(NC(=O)N3CCc4ccccc4C3)CC2)c1. The van der Waals surface area contributed by atoms with Crippen LogP contribution in [0.1, 0.15) is 35.1 Å². The number of urea groups is 1. The minimum absolute atomic E-state index is 0.0645. The molecule has 0 spiro atoms. The number of fused-ring (bicyclic) bond motifs is 1. The van der Waals surface area contributed by atoms with Gasteiger partial charge in [-0.3, -0.25) is 4.90 Å². The van der Waals surface area contributed by atoms with Crippen LogP contribution in [0.3, 0.4) is 0 Å². The van der Waals surface area contributed by atoms with Crippen LogP contribution < -0.4 is 5.32 Å². The molecule has 2 heterocycles. The first kappa shape index (κ1) is 18.5. The zero-order valence-electron chi connectivity index (χ0n) is 16.1. The van der Waals surface area contributed by atoms with Crippen molar-refractivity contribution in [3.05, 3.63) is 70.8 Å². The van der Waals surface area contributed by atoms with E-state index in [4.69, 9.17) is 5.26 Å². The highest BCUT2D eigenvalue weighted by Crippen LogP contribution is 2.19. The van der Waals surface area contributed by atoms with Crippen LogP contribution in [0.4, 0.5) is 4.79 Å². The number of amides is 2. The van der Waals surface area contributed by atoms with E-state index in [1.807, 2.05) is 29.2 Å². The molecule has 0 atom stereocenters. The number of hydrogen-bond acceptors (Lipinski definition) is 3. The Kier molecular flexibility index (Phi) is 5.59. The van der Waals surface area contributed by atoms with Crippen molar-refractivity contribution < 1.29 is 4.79 Å². The average molecular weight is 374 g/mol. The molecule has 4 rings (SSSR count). The van der Waals surface area contributed by atoms with E-state index in [1.54, 1.807) is 0 Å².